The van der Waals surface area contributed by atoms with Gasteiger partial charge in [-0.3, -0.25) is 0 Å². The van der Waals surface area contributed by atoms with Crippen molar-refractivity contribution in [3.05, 3.63) is 150 Å². The van der Waals surface area contributed by atoms with Gasteiger partial charge in [0, 0.05) is 0 Å². The number of hydrogen-bond donors (Lipinski definition) is 0. The second-order valence-electron chi connectivity index (χ2n) is 12.8. The number of benzene rings is 4. The van der Waals surface area contributed by atoms with Gasteiger partial charge in [-0.1, -0.05) is 0 Å². The third-order valence-electron chi connectivity index (χ3n) is 9.01. The van der Waals surface area contributed by atoms with E-state index in [1.807, 2.05) is 24.3 Å². The van der Waals surface area contributed by atoms with Crippen LogP contribution in [0.25, 0.3) is 11.1 Å². The van der Waals surface area contributed by atoms with Crippen LogP contribution in [0.2, 0.25) is 10.0 Å². The minimum absolute atomic E-state index is 0. The topological polar surface area (TPSA) is 0 Å². The zero-order valence-electron chi connectivity index (χ0n) is 25.8. The second kappa shape index (κ2) is 13.9. The molecule has 0 radical (unpaired) electrons. The molecule has 226 valence electrons. The van der Waals surface area contributed by atoms with E-state index < -0.39 is 19.3 Å². The Morgan fingerprint density at radius 2 is 1.11 bits per heavy atom. The predicted molar refractivity (Wildman–Crippen MR) is 181 cm³/mol. The van der Waals surface area contributed by atoms with Crippen LogP contribution in [-0.4, -0.2) is 7.42 Å². The van der Waals surface area contributed by atoms with Gasteiger partial charge in [0.15, 0.2) is 0 Å². The summed E-state index contributed by atoms with van der Waals surface area (Å²) in [5.74, 6) is 0.358. The van der Waals surface area contributed by atoms with E-state index in [-0.39, 0.29) is 30.2 Å². The van der Waals surface area contributed by atoms with E-state index in [9.17, 15) is 0 Å². The van der Waals surface area contributed by atoms with Crippen LogP contribution in [-0.2, 0) is 19.3 Å². The normalized spacial score (nSPS) is 15.2. The molecule has 2 aliphatic rings. The molecule has 0 bridgehead atoms. The Kier molecular flexibility index (Phi) is 11.0. The summed E-state index contributed by atoms with van der Waals surface area (Å²) in [6, 6.07) is 35.2. The number of halogens is 4. The molecule has 0 amide bonds. The fraction of sp³-hybridized carbons (Fsp3) is 0.231. The van der Waals surface area contributed by atoms with Crippen LogP contribution >= 0.6 is 23.2 Å². The van der Waals surface area contributed by atoms with Gasteiger partial charge in [0.2, 0.25) is 0 Å². The standard InChI is InChI=1S/C13H9.C12H19.2C7H5Cl.2ClH.Zr/c1-3-7-12-10(5-1)9-11-6-2-4-8-13(11)12;1-6-10-7-9(2)8-11(10)12(3,4)5;2*1-6-2-4-7(8)5-3-6;;;/h1-9H;8-9H,6H2,1-5H3;2*1-5H;2*1H;/q;;;;;;+2/p-2. The molecule has 4 aromatic rings. The van der Waals surface area contributed by atoms with E-state index in [0.29, 0.717) is 9.54 Å². The van der Waals surface area contributed by atoms with Crippen molar-refractivity contribution < 1.29 is 44.1 Å². The van der Waals surface area contributed by atoms with Crippen molar-refractivity contribution in [1.82, 2.24) is 0 Å². The van der Waals surface area contributed by atoms with Gasteiger partial charge >= 0.3 is 267 Å². The van der Waals surface area contributed by atoms with Crippen molar-refractivity contribution in [2.75, 3.05) is 0 Å². The monoisotopic (exact) mass is 736 g/mol. The Balaban J connectivity index is 0.00000221. The number of rotatable bonds is 5. The average molecular weight is 740 g/mol. The summed E-state index contributed by atoms with van der Waals surface area (Å²) < 4.78 is 7.44. The molecule has 0 N–H and O–H groups in total. The van der Waals surface area contributed by atoms with Crippen molar-refractivity contribution in [2.45, 2.75) is 44.7 Å². The molecule has 2 aliphatic carbocycles. The van der Waals surface area contributed by atoms with Crippen LogP contribution in [0, 0.1) is 11.3 Å². The minimum Gasteiger partial charge on any atom is -1.00 e. The maximum Gasteiger partial charge on any atom is -1.00 e. The molecule has 0 aliphatic heterocycles. The molecule has 1 atom stereocenters. The SMILES string of the molecule is CCC1=[C]([Zr+2](=[CH]c2ccc(Cl)cc2)(=[CH]c2ccc(Cl)cc2)[CH]2c3ccccc3-c3ccccc32)C(C)C=C1C(C)(C)C.[Cl-].[Cl-]. The maximum atomic E-state index is 6.42. The Morgan fingerprint density at radius 3 is 1.52 bits per heavy atom. The first kappa shape index (κ1) is 35.0. The van der Waals surface area contributed by atoms with Gasteiger partial charge < -0.3 is 24.8 Å². The summed E-state index contributed by atoms with van der Waals surface area (Å²) in [6.07, 6.45) is 3.61. The van der Waals surface area contributed by atoms with Crippen molar-refractivity contribution in [1.29, 1.82) is 0 Å². The maximum absolute atomic E-state index is 6.42. The molecule has 0 saturated carbocycles. The van der Waals surface area contributed by atoms with E-state index in [0.717, 1.165) is 16.5 Å². The largest absolute Gasteiger partial charge is 1.00 e. The summed E-state index contributed by atoms with van der Waals surface area (Å²) in [4.78, 5) is 0. The molecule has 44 heavy (non-hydrogen) atoms. The van der Waals surface area contributed by atoms with Gasteiger partial charge in [0.25, 0.3) is 0 Å². The minimum atomic E-state index is -3.88. The summed E-state index contributed by atoms with van der Waals surface area (Å²) >= 11 is 8.96. The fourth-order valence-corrected chi connectivity index (χ4v) is 21.9. The Bertz CT molecular complexity index is 1740. The smallest absolute Gasteiger partial charge is 1.00 e. The van der Waals surface area contributed by atoms with E-state index in [1.165, 1.54) is 39.0 Å². The Morgan fingerprint density at radius 1 is 0.682 bits per heavy atom. The molecular formula is C39H38Cl4Zr. The molecule has 0 aromatic heterocycles. The fourth-order valence-electron chi connectivity index (χ4n) is 7.45. The molecule has 0 fully saturated rings. The van der Waals surface area contributed by atoms with E-state index in [1.54, 1.807) is 8.85 Å². The number of hydrogen-bond acceptors (Lipinski definition) is 0. The molecule has 0 nitrogen and oxygen atoms in total. The van der Waals surface area contributed by atoms with Gasteiger partial charge in [0.1, 0.15) is 0 Å². The second-order valence-corrected chi connectivity index (χ2v) is 22.4. The first-order valence-electron chi connectivity index (χ1n) is 15.0. The zero-order chi connectivity index (χ0) is 29.6. The molecule has 0 saturated heterocycles. The van der Waals surface area contributed by atoms with Crippen molar-refractivity contribution in [2.24, 2.45) is 11.3 Å². The summed E-state index contributed by atoms with van der Waals surface area (Å²) in [5.41, 5.74) is 11.3. The Hall–Kier alpha value is -1.86. The van der Waals surface area contributed by atoms with Crippen LogP contribution in [0.15, 0.2) is 118 Å². The molecule has 0 spiro atoms. The Labute approximate surface area is 289 Å². The van der Waals surface area contributed by atoms with Gasteiger partial charge in [-0.2, -0.15) is 0 Å². The predicted octanol–water partition coefficient (Wildman–Crippen LogP) is 5.21. The van der Waals surface area contributed by atoms with Gasteiger partial charge in [-0.15, -0.1) is 0 Å². The summed E-state index contributed by atoms with van der Waals surface area (Å²) in [5, 5.41) is 1.54. The molecule has 1 unspecified atom stereocenters. The molecule has 6 rings (SSSR count). The van der Waals surface area contributed by atoms with Gasteiger partial charge in [-0.25, -0.2) is 0 Å². The first-order chi connectivity index (χ1) is 20.1. The number of fused-ring (bicyclic) bond motifs is 3. The molecular weight excluding hydrogens is 701 g/mol. The van der Waals surface area contributed by atoms with Gasteiger partial charge in [-0.05, 0) is 0 Å². The summed E-state index contributed by atoms with van der Waals surface area (Å²) in [6.45, 7) is 11.9. The quantitative estimate of drug-likeness (QED) is 0.264. The third-order valence-corrected chi connectivity index (χ3v) is 21.5. The molecule has 4 aromatic carbocycles. The zero-order valence-corrected chi connectivity index (χ0v) is 31.3. The van der Waals surface area contributed by atoms with Crippen LogP contribution < -0.4 is 24.8 Å². The van der Waals surface area contributed by atoms with Crippen LogP contribution in [0.1, 0.15) is 66.9 Å². The van der Waals surface area contributed by atoms with E-state index >= 15 is 0 Å². The summed E-state index contributed by atoms with van der Waals surface area (Å²) in [7, 11) is 0. The van der Waals surface area contributed by atoms with Crippen molar-refractivity contribution in [3.8, 4) is 11.1 Å². The van der Waals surface area contributed by atoms with E-state index in [4.69, 9.17) is 23.2 Å². The van der Waals surface area contributed by atoms with E-state index in [2.05, 4.69) is 121 Å². The van der Waals surface area contributed by atoms with Crippen molar-refractivity contribution >= 4 is 30.6 Å². The average Bonchev–Trinajstić information content (AvgIpc) is 3.51. The van der Waals surface area contributed by atoms with Crippen LogP contribution in [0.4, 0.5) is 0 Å². The first-order valence-corrected chi connectivity index (χ1v) is 21.2. The molecule has 0 heterocycles. The molecule has 5 heteroatoms. The van der Waals surface area contributed by atoms with Crippen LogP contribution in [0.3, 0.4) is 0 Å². The number of allylic oxidation sites excluding steroid dienone is 4. The van der Waals surface area contributed by atoms with Crippen LogP contribution in [0.5, 0.6) is 0 Å². The third kappa shape index (κ3) is 6.39. The van der Waals surface area contributed by atoms with Gasteiger partial charge in [0.05, 0.1) is 0 Å². The van der Waals surface area contributed by atoms with Crippen molar-refractivity contribution in [3.63, 3.8) is 0 Å².